The number of unbranched alkanes of at least 4 members (excludes halogenated alkanes) is 9. The monoisotopic (exact) mass is 1700 g/mol. The van der Waals surface area contributed by atoms with Crippen LogP contribution in [-0.2, 0) is 54.0 Å². The fraction of sp³-hybridized carbons (Fsp3) is 0.697. The van der Waals surface area contributed by atoms with Crippen molar-refractivity contribution in [2.24, 2.45) is 11.8 Å². The summed E-state index contributed by atoms with van der Waals surface area (Å²) in [5.41, 5.74) is -4.60. The molecule has 4 fully saturated rings. The predicted octanol–water partition coefficient (Wildman–Crippen LogP) is 1.07. The number of rotatable bonds is 51. The standard InChI is InChI=1S/C28H45ClN4O9.C28H39ClN4O9.C20H32ClN3O8/c2*29-9-3-1-2-4-11-40-13-14-41-12-10-30-25(36)20-7-5-19(6-8-20)16-31-26(37)21-17-33(28(39)32-27(21)38)24-15-22(35)23(18-34)42-24;21-5-3-1-2-4-7-30-9-10-31-8-6-22-18(27)14-12-24(20(29)23-19(14)28)17-11-15(26)16(13-25)32-17/h17,19-20,22-24,34-35H,1-16,18H2,(H,30,36)(H,31,37)(H,32,38,39);5-8,17,22-24,34-35H,1-4,9-16,18H2,(H,30,36)(H,31,37)(H,32,38,39);12,15-17,25-26H,1-11,13H2,(H,22,27)(H,23,28,29)/t19?,20?,22?,23-,24-;22?,23-,24-;15?,16-,17-/m111/s1. The van der Waals surface area contributed by atoms with E-state index in [1.54, 1.807) is 24.3 Å². The van der Waals surface area contributed by atoms with E-state index in [0.717, 1.165) is 129 Å². The molecule has 5 amide bonds. The minimum absolute atomic E-state index is 0.00533. The number of amides is 5. The Hall–Kier alpha value is -7.12. The van der Waals surface area contributed by atoms with Gasteiger partial charge in [-0.2, -0.15) is 0 Å². The third-order valence-electron chi connectivity index (χ3n) is 19.4. The van der Waals surface area contributed by atoms with Crippen LogP contribution in [0.5, 0.6) is 0 Å². The number of halogens is 3. The van der Waals surface area contributed by atoms with Crippen LogP contribution >= 0.6 is 34.8 Å². The van der Waals surface area contributed by atoms with Gasteiger partial charge in [0.15, 0.2) is 0 Å². The first kappa shape index (κ1) is 97.7. The van der Waals surface area contributed by atoms with Crippen LogP contribution in [-0.4, -0.2) is 268 Å². The Labute approximate surface area is 685 Å². The molecule has 1 aromatic carbocycles. The number of aromatic nitrogens is 6. The molecule has 3 saturated heterocycles. The van der Waals surface area contributed by atoms with Crippen molar-refractivity contribution in [2.45, 2.75) is 184 Å². The highest BCUT2D eigenvalue weighted by Gasteiger charge is 2.38. The Bertz CT molecular complexity index is 3930. The molecule has 3 aliphatic heterocycles. The summed E-state index contributed by atoms with van der Waals surface area (Å²) in [6.45, 7) is 5.99. The lowest BCUT2D eigenvalue weighted by Crippen LogP contribution is -2.40. The van der Waals surface area contributed by atoms with Crippen molar-refractivity contribution < 1.29 is 97.2 Å². The lowest BCUT2D eigenvalue weighted by atomic mass is 9.81. The normalized spacial score (nSPS) is 21.0. The second-order valence-corrected chi connectivity index (χ2v) is 29.2. The van der Waals surface area contributed by atoms with Crippen LogP contribution in [0.15, 0.2) is 71.6 Å². The largest absolute Gasteiger partial charge is 0.394 e. The second-order valence-electron chi connectivity index (χ2n) is 28.1. The quantitative estimate of drug-likeness (QED) is 0.0217. The maximum atomic E-state index is 12.8. The van der Waals surface area contributed by atoms with Gasteiger partial charge in [-0.1, -0.05) is 50.7 Å². The summed E-state index contributed by atoms with van der Waals surface area (Å²) in [4.78, 5) is 142. The molecule has 1 saturated carbocycles. The van der Waals surface area contributed by atoms with Gasteiger partial charge >= 0.3 is 17.1 Å². The number of aliphatic hydroxyl groups excluding tert-OH is 6. The average molecular weight is 1710 g/mol. The zero-order valence-electron chi connectivity index (χ0n) is 65.4. The maximum absolute atomic E-state index is 12.8. The molecule has 3 aromatic heterocycles. The van der Waals surface area contributed by atoms with E-state index in [2.05, 4.69) is 41.5 Å². The van der Waals surface area contributed by atoms with Crippen molar-refractivity contribution in [1.82, 2.24) is 55.2 Å². The number of nitrogens with zero attached hydrogens (tertiary/aromatic N) is 3. The number of carbonyl (C=O) groups is 5. The van der Waals surface area contributed by atoms with Crippen molar-refractivity contribution in [3.05, 3.63) is 133 Å². The lowest BCUT2D eigenvalue weighted by Gasteiger charge is -2.28. The molecule has 1 aliphatic carbocycles. The number of aromatic amines is 3. The Morgan fingerprint density at radius 3 is 1.09 bits per heavy atom. The first-order valence-corrected chi connectivity index (χ1v) is 41.3. The Balaban J connectivity index is 0.000000273. The maximum Gasteiger partial charge on any atom is 0.330 e. The van der Waals surface area contributed by atoms with Crippen molar-refractivity contribution in [1.29, 1.82) is 0 Å². The predicted molar refractivity (Wildman–Crippen MR) is 424 cm³/mol. The number of alkyl halides is 3. The summed E-state index contributed by atoms with van der Waals surface area (Å²) in [7, 11) is 0. The topological polar surface area (TPSA) is 515 Å². The summed E-state index contributed by atoms with van der Waals surface area (Å²) in [6.07, 6.45) is 10.8. The molecule has 6 heterocycles. The summed E-state index contributed by atoms with van der Waals surface area (Å²) in [6, 6.07) is 6.58. The summed E-state index contributed by atoms with van der Waals surface area (Å²) in [5, 5.41) is 71.1. The molecule has 652 valence electrons. The molecule has 3 unspecified atom stereocenters. The highest BCUT2D eigenvalue weighted by molar-refractivity contribution is 6.18. The van der Waals surface area contributed by atoms with Crippen LogP contribution in [0.4, 0.5) is 0 Å². The zero-order valence-corrected chi connectivity index (χ0v) is 67.7. The Morgan fingerprint density at radius 2 is 0.733 bits per heavy atom. The average Bonchev–Trinajstić information content (AvgIpc) is 1.59. The first-order valence-electron chi connectivity index (χ1n) is 39.7. The smallest absolute Gasteiger partial charge is 0.330 e. The van der Waals surface area contributed by atoms with Gasteiger partial charge in [0.1, 0.15) is 53.7 Å². The number of H-pyrrole nitrogens is 3. The van der Waals surface area contributed by atoms with Gasteiger partial charge in [-0.3, -0.25) is 67.0 Å². The lowest BCUT2D eigenvalue weighted by molar-refractivity contribution is -0.126. The minimum atomic E-state index is -0.994. The first-order chi connectivity index (χ1) is 56.1. The van der Waals surface area contributed by atoms with Gasteiger partial charge < -0.3 is 99.9 Å². The van der Waals surface area contributed by atoms with Crippen LogP contribution in [0.2, 0.25) is 0 Å². The van der Waals surface area contributed by atoms with E-state index in [4.69, 9.17) is 77.4 Å². The van der Waals surface area contributed by atoms with Crippen LogP contribution in [0.1, 0.15) is 188 Å². The summed E-state index contributed by atoms with van der Waals surface area (Å²) < 4.78 is 52.3. The third kappa shape index (κ3) is 34.3. The van der Waals surface area contributed by atoms with E-state index >= 15 is 0 Å². The molecule has 40 heteroatoms. The van der Waals surface area contributed by atoms with E-state index in [1.807, 2.05) is 0 Å². The molecule has 37 nitrogen and oxygen atoms in total. The summed E-state index contributed by atoms with van der Waals surface area (Å²) in [5.74, 6) is -0.125. The highest BCUT2D eigenvalue weighted by atomic mass is 35.5. The fourth-order valence-corrected chi connectivity index (χ4v) is 13.3. The van der Waals surface area contributed by atoms with Crippen LogP contribution in [0.25, 0.3) is 0 Å². The van der Waals surface area contributed by atoms with Gasteiger partial charge in [-0.25, -0.2) is 14.4 Å². The van der Waals surface area contributed by atoms with Gasteiger partial charge in [-0.15, -0.1) is 34.8 Å². The van der Waals surface area contributed by atoms with E-state index in [0.29, 0.717) is 127 Å². The molecular formula is C76H116Cl3N11O26. The number of ether oxygens (including phenoxy) is 9. The molecule has 14 N–H and O–H groups in total. The Morgan fingerprint density at radius 1 is 0.405 bits per heavy atom. The minimum Gasteiger partial charge on any atom is -0.394 e. The number of nitrogens with one attached hydrogen (secondary N) is 8. The van der Waals surface area contributed by atoms with Crippen LogP contribution < -0.4 is 60.3 Å². The molecule has 0 spiro atoms. The van der Waals surface area contributed by atoms with E-state index in [9.17, 15) is 83.4 Å². The third-order valence-corrected chi connectivity index (χ3v) is 20.2. The van der Waals surface area contributed by atoms with Gasteiger partial charge in [0, 0.05) is 120 Å². The number of hydrogen-bond donors (Lipinski definition) is 14. The molecule has 0 radical (unpaired) electrons. The molecular weight excluding hydrogens is 1590 g/mol. The van der Waals surface area contributed by atoms with E-state index in [1.165, 1.54) is 0 Å². The zero-order chi connectivity index (χ0) is 84.0. The van der Waals surface area contributed by atoms with E-state index < -0.39 is 127 Å². The molecule has 4 aromatic rings. The van der Waals surface area contributed by atoms with Crippen LogP contribution in [0, 0.1) is 11.8 Å². The van der Waals surface area contributed by atoms with Gasteiger partial charge in [0.25, 0.3) is 40.3 Å². The Kier molecular flexibility index (Phi) is 46.8. The van der Waals surface area contributed by atoms with Crippen LogP contribution in [0.3, 0.4) is 0 Å². The number of carbonyl (C=O) groups excluding carboxylic acids is 5. The molecule has 8 rings (SSSR count). The molecule has 4 aliphatic rings. The molecule has 9 atom stereocenters. The second kappa shape index (κ2) is 55.6. The van der Waals surface area contributed by atoms with Crippen molar-refractivity contribution in [3.63, 3.8) is 0 Å². The molecule has 116 heavy (non-hydrogen) atoms. The van der Waals surface area contributed by atoms with Gasteiger partial charge in [-0.05, 0) is 87.8 Å². The van der Waals surface area contributed by atoms with Crippen molar-refractivity contribution in [2.75, 3.05) is 143 Å². The number of hydrogen-bond acceptors (Lipinski definition) is 26. The number of aliphatic hydroxyl groups is 6. The molecule has 0 bridgehead atoms. The highest BCUT2D eigenvalue weighted by Crippen LogP contribution is 2.31. The SMILES string of the molecule is O=C(NCC1CCC(C(=O)NCCOCCOCCCCCCCl)CC1)c1cn([C@H]2CC(O)[C@@H](CO)O2)c(=O)[nH]c1=O.O=C(NCCOCCOCCCCCCCl)c1ccc(CNC(=O)c2cn([C@H]3CC(O)[C@@H](CO)O3)c(=O)[nH]c2=O)cc1.O=C(NCCOCCOCCCCCCCl)c1cn([C@H]2CC(O)[C@@H](CO)O2)c(=O)[nH]c1=O. The number of benzene rings is 1. The van der Waals surface area contributed by atoms with Crippen molar-refractivity contribution in [3.8, 4) is 0 Å². The van der Waals surface area contributed by atoms with Crippen molar-refractivity contribution >= 4 is 64.3 Å². The van der Waals surface area contributed by atoms with Gasteiger partial charge in [0.05, 0.1) is 97.6 Å². The fourth-order valence-electron chi connectivity index (χ4n) is 12.7. The van der Waals surface area contributed by atoms with Gasteiger partial charge in [0.2, 0.25) is 5.91 Å². The van der Waals surface area contributed by atoms with E-state index in [-0.39, 0.29) is 79.3 Å². The summed E-state index contributed by atoms with van der Waals surface area (Å²) >= 11 is 16.9.